The summed E-state index contributed by atoms with van der Waals surface area (Å²) in [6.07, 6.45) is 0. The Balaban J connectivity index is 0.00000361. The van der Waals surface area contributed by atoms with Crippen LogP contribution in [0.4, 0.5) is 13.2 Å². The first kappa shape index (κ1) is 19.2. The van der Waals surface area contributed by atoms with Gasteiger partial charge in [-0.25, -0.2) is 26.3 Å². The lowest BCUT2D eigenvalue weighted by atomic mass is 10.3. The molecule has 0 aliphatic heterocycles. The third-order valence-electron chi connectivity index (χ3n) is 2.42. The van der Waals surface area contributed by atoms with Gasteiger partial charge < -0.3 is 5.32 Å². The van der Waals surface area contributed by atoms with Gasteiger partial charge >= 0.3 is 0 Å². The SMILES string of the molecule is CCN[C@H](C)CNS(=O)(=O)c1ccc(F)c(F)c1F.Cl. The van der Waals surface area contributed by atoms with Crippen molar-refractivity contribution in [3.63, 3.8) is 0 Å². The van der Waals surface area contributed by atoms with Gasteiger partial charge in [-0.05, 0) is 25.6 Å². The van der Waals surface area contributed by atoms with Gasteiger partial charge in [0.15, 0.2) is 17.5 Å². The van der Waals surface area contributed by atoms with E-state index in [-0.39, 0.29) is 25.0 Å². The molecule has 1 aromatic carbocycles. The fourth-order valence-corrected chi connectivity index (χ4v) is 2.65. The Morgan fingerprint density at radius 3 is 2.35 bits per heavy atom. The van der Waals surface area contributed by atoms with Gasteiger partial charge in [0.2, 0.25) is 10.0 Å². The Bertz CT molecular complexity index is 555. The number of rotatable bonds is 6. The Hall–Kier alpha value is -0.830. The van der Waals surface area contributed by atoms with Crippen molar-refractivity contribution in [2.75, 3.05) is 13.1 Å². The standard InChI is InChI=1S/C11H15F3N2O2S.ClH/c1-3-15-7(2)6-16-19(17,18)9-5-4-8(12)10(13)11(9)14;/h4-5,7,15-16H,3,6H2,1-2H3;1H/t7-;/m1./s1. The van der Waals surface area contributed by atoms with E-state index < -0.39 is 32.4 Å². The van der Waals surface area contributed by atoms with Crippen LogP contribution in [0, 0.1) is 17.5 Å². The molecule has 0 saturated carbocycles. The summed E-state index contributed by atoms with van der Waals surface area (Å²) in [5, 5.41) is 2.95. The first-order valence-electron chi connectivity index (χ1n) is 5.66. The molecule has 0 aromatic heterocycles. The summed E-state index contributed by atoms with van der Waals surface area (Å²) in [5.74, 6) is -4.95. The molecule has 116 valence electrons. The van der Waals surface area contributed by atoms with E-state index in [9.17, 15) is 21.6 Å². The maximum absolute atomic E-state index is 13.4. The number of nitrogens with one attached hydrogen (secondary N) is 2. The first-order chi connectivity index (χ1) is 8.79. The molecule has 0 radical (unpaired) electrons. The van der Waals surface area contributed by atoms with Crippen molar-refractivity contribution in [1.82, 2.24) is 10.0 Å². The Morgan fingerprint density at radius 2 is 1.80 bits per heavy atom. The monoisotopic (exact) mass is 332 g/mol. The second-order valence-electron chi connectivity index (χ2n) is 3.98. The van der Waals surface area contributed by atoms with Crippen molar-refractivity contribution in [3.8, 4) is 0 Å². The van der Waals surface area contributed by atoms with Crippen molar-refractivity contribution in [2.45, 2.75) is 24.8 Å². The largest absolute Gasteiger partial charge is 0.313 e. The fraction of sp³-hybridized carbons (Fsp3) is 0.455. The Labute approximate surface area is 122 Å². The summed E-state index contributed by atoms with van der Waals surface area (Å²) in [6.45, 7) is 4.23. The molecule has 0 heterocycles. The quantitative estimate of drug-likeness (QED) is 0.781. The Morgan fingerprint density at radius 1 is 1.20 bits per heavy atom. The normalized spacial score (nSPS) is 12.8. The van der Waals surface area contributed by atoms with Crippen LogP contribution in [0.15, 0.2) is 17.0 Å². The molecule has 0 amide bonds. The third-order valence-corrected chi connectivity index (χ3v) is 3.86. The molecule has 4 nitrogen and oxygen atoms in total. The minimum Gasteiger partial charge on any atom is -0.313 e. The van der Waals surface area contributed by atoms with Crippen LogP contribution >= 0.6 is 12.4 Å². The van der Waals surface area contributed by atoms with Gasteiger partial charge in [-0.3, -0.25) is 0 Å². The van der Waals surface area contributed by atoms with E-state index in [0.717, 1.165) is 0 Å². The van der Waals surface area contributed by atoms with Crippen molar-refractivity contribution in [1.29, 1.82) is 0 Å². The van der Waals surface area contributed by atoms with Gasteiger partial charge in [0, 0.05) is 12.6 Å². The molecule has 0 unspecified atom stereocenters. The molecule has 0 spiro atoms. The number of likely N-dealkylation sites (N-methyl/N-ethyl adjacent to an activating group) is 1. The minimum absolute atomic E-state index is 0. The predicted octanol–water partition coefficient (Wildman–Crippen LogP) is 1.80. The smallest absolute Gasteiger partial charge is 0.243 e. The molecule has 20 heavy (non-hydrogen) atoms. The van der Waals surface area contributed by atoms with Crippen LogP contribution in [0.3, 0.4) is 0 Å². The summed E-state index contributed by atoms with van der Waals surface area (Å²) in [5.41, 5.74) is 0. The van der Waals surface area contributed by atoms with Crippen LogP contribution in [-0.2, 0) is 10.0 Å². The number of sulfonamides is 1. The number of benzene rings is 1. The summed E-state index contributed by atoms with van der Waals surface area (Å²) >= 11 is 0. The summed E-state index contributed by atoms with van der Waals surface area (Å²) in [7, 11) is -4.22. The van der Waals surface area contributed by atoms with E-state index >= 15 is 0 Å². The predicted molar refractivity (Wildman–Crippen MR) is 71.9 cm³/mol. The molecular formula is C11H16ClF3N2O2S. The molecule has 0 aliphatic carbocycles. The van der Waals surface area contributed by atoms with Gasteiger partial charge in [0.05, 0.1) is 0 Å². The number of hydrogen-bond acceptors (Lipinski definition) is 3. The zero-order chi connectivity index (χ0) is 14.6. The summed E-state index contributed by atoms with van der Waals surface area (Å²) in [4.78, 5) is -0.907. The third kappa shape index (κ3) is 4.62. The second kappa shape index (κ2) is 7.82. The van der Waals surface area contributed by atoms with E-state index in [1.54, 1.807) is 6.92 Å². The summed E-state index contributed by atoms with van der Waals surface area (Å²) < 4.78 is 64.7. The number of halogens is 4. The van der Waals surface area contributed by atoms with Crippen LogP contribution in [0.2, 0.25) is 0 Å². The van der Waals surface area contributed by atoms with E-state index in [1.165, 1.54) is 0 Å². The van der Waals surface area contributed by atoms with Crippen molar-refractivity contribution >= 4 is 22.4 Å². The lowest BCUT2D eigenvalue weighted by molar-refractivity contribution is 0.431. The molecule has 9 heteroatoms. The van der Waals surface area contributed by atoms with Gasteiger partial charge in [0.25, 0.3) is 0 Å². The maximum atomic E-state index is 13.4. The van der Waals surface area contributed by atoms with Crippen LogP contribution in [-0.4, -0.2) is 27.5 Å². The fourth-order valence-electron chi connectivity index (χ4n) is 1.45. The van der Waals surface area contributed by atoms with Crippen LogP contribution < -0.4 is 10.0 Å². The molecular weight excluding hydrogens is 317 g/mol. The molecule has 1 rings (SSSR count). The van der Waals surface area contributed by atoms with Gasteiger partial charge in [0.1, 0.15) is 4.90 Å². The highest BCUT2D eigenvalue weighted by Crippen LogP contribution is 2.19. The van der Waals surface area contributed by atoms with Crippen molar-refractivity contribution < 1.29 is 21.6 Å². The highest BCUT2D eigenvalue weighted by Gasteiger charge is 2.24. The summed E-state index contributed by atoms with van der Waals surface area (Å²) in [6, 6.07) is 1.09. The van der Waals surface area contributed by atoms with Crippen LogP contribution in [0.5, 0.6) is 0 Å². The number of hydrogen-bond donors (Lipinski definition) is 2. The van der Waals surface area contributed by atoms with Gasteiger partial charge in [-0.2, -0.15) is 0 Å². The van der Waals surface area contributed by atoms with Crippen molar-refractivity contribution in [3.05, 3.63) is 29.6 Å². The molecule has 0 aliphatic rings. The van der Waals surface area contributed by atoms with E-state index in [4.69, 9.17) is 0 Å². The molecule has 0 saturated heterocycles. The topological polar surface area (TPSA) is 58.2 Å². The van der Waals surface area contributed by atoms with Crippen molar-refractivity contribution in [2.24, 2.45) is 0 Å². The van der Waals surface area contributed by atoms with Gasteiger partial charge in [-0.15, -0.1) is 12.4 Å². The lowest BCUT2D eigenvalue weighted by Crippen LogP contribution is -2.39. The minimum atomic E-state index is -4.22. The van der Waals surface area contributed by atoms with Crippen LogP contribution in [0.25, 0.3) is 0 Å². The zero-order valence-electron chi connectivity index (χ0n) is 10.9. The average molecular weight is 333 g/mol. The molecule has 2 N–H and O–H groups in total. The maximum Gasteiger partial charge on any atom is 0.243 e. The molecule has 0 bridgehead atoms. The first-order valence-corrected chi connectivity index (χ1v) is 7.14. The molecule has 1 aromatic rings. The lowest BCUT2D eigenvalue weighted by Gasteiger charge is -2.14. The second-order valence-corrected chi connectivity index (χ2v) is 5.72. The van der Waals surface area contributed by atoms with E-state index in [0.29, 0.717) is 18.7 Å². The highest BCUT2D eigenvalue weighted by atomic mass is 35.5. The Kier molecular flexibility index (Phi) is 7.50. The zero-order valence-corrected chi connectivity index (χ0v) is 12.5. The van der Waals surface area contributed by atoms with Crippen LogP contribution in [0.1, 0.15) is 13.8 Å². The average Bonchev–Trinajstić information content (AvgIpc) is 2.34. The molecule has 1 atom stereocenters. The van der Waals surface area contributed by atoms with Gasteiger partial charge in [-0.1, -0.05) is 6.92 Å². The van der Waals surface area contributed by atoms with E-state index in [1.807, 2.05) is 6.92 Å². The highest BCUT2D eigenvalue weighted by molar-refractivity contribution is 7.89. The van der Waals surface area contributed by atoms with E-state index in [2.05, 4.69) is 10.0 Å². The molecule has 0 fully saturated rings.